The molecule has 0 bridgehead atoms. The highest BCUT2D eigenvalue weighted by Gasteiger charge is 2.43. The van der Waals surface area contributed by atoms with Gasteiger partial charge < -0.3 is 16.0 Å². The van der Waals surface area contributed by atoms with Crippen LogP contribution < -0.4 is 11.1 Å². The van der Waals surface area contributed by atoms with Gasteiger partial charge in [0.2, 0.25) is 5.91 Å². The lowest BCUT2D eigenvalue weighted by molar-refractivity contribution is -0.151. The van der Waals surface area contributed by atoms with E-state index in [2.05, 4.69) is 10.3 Å². The maximum absolute atomic E-state index is 14.0. The normalized spacial score (nSPS) is 18.4. The summed E-state index contributed by atoms with van der Waals surface area (Å²) in [6, 6.07) is 8.76. The predicted molar refractivity (Wildman–Crippen MR) is 96.5 cm³/mol. The van der Waals surface area contributed by atoms with Crippen molar-refractivity contribution in [2.45, 2.75) is 24.8 Å². The molecule has 0 saturated carbocycles. The zero-order valence-electron chi connectivity index (χ0n) is 14.8. The highest BCUT2D eigenvalue weighted by atomic mass is 19.3. The number of aromatic nitrogens is 1. The summed E-state index contributed by atoms with van der Waals surface area (Å²) in [5.74, 6) is -5.60. The highest BCUT2D eigenvalue weighted by Crippen LogP contribution is 2.39. The average Bonchev–Trinajstić information content (AvgIpc) is 2.67. The number of nitrogens with two attached hydrogens (primary N) is 1. The van der Waals surface area contributed by atoms with E-state index in [1.54, 1.807) is 30.3 Å². The second-order valence-electron chi connectivity index (χ2n) is 6.52. The molecule has 3 N–H and O–H groups in total. The summed E-state index contributed by atoms with van der Waals surface area (Å²) >= 11 is 0. The van der Waals surface area contributed by atoms with Crippen LogP contribution in [0.4, 0.5) is 14.5 Å². The first kappa shape index (κ1) is 19.4. The van der Waals surface area contributed by atoms with Gasteiger partial charge in [-0.2, -0.15) is 0 Å². The Balaban J connectivity index is 1.80. The monoisotopic (exact) mass is 388 g/mol. The van der Waals surface area contributed by atoms with E-state index in [0.29, 0.717) is 5.56 Å². The van der Waals surface area contributed by atoms with E-state index in [4.69, 9.17) is 5.73 Å². The number of primary amides is 1. The number of nitrogens with zero attached hydrogens (tertiary/aromatic N) is 2. The minimum Gasteiger partial charge on any atom is -0.366 e. The standard InChI is InChI=1S/C19H18F2N4O3/c20-19(21)6-7-25(15(9-19)12-4-2-1-3-5-12)18(28)17(27)24-14-8-13(16(22)26)10-23-11-14/h1-5,8,10-11,15H,6-7,9H2,(H2,22,26)(H,24,27)/t15-/m0/s1. The van der Waals surface area contributed by atoms with Crippen molar-refractivity contribution in [3.8, 4) is 0 Å². The fourth-order valence-corrected chi connectivity index (χ4v) is 3.11. The summed E-state index contributed by atoms with van der Waals surface area (Å²) < 4.78 is 27.9. The largest absolute Gasteiger partial charge is 0.366 e. The van der Waals surface area contributed by atoms with Gasteiger partial charge in [-0.15, -0.1) is 0 Å². The lowest BCUT2D eigenvalue weighted by Gasteiger charge is -2.39. The van der Waals surface area contributed by atoms with Crippen LogP contribution in [0.2, 0.25) is 0 Å². The van der Waals surface area contributed by atoms with Crippen molar-refractivity contribution in [1.29, 1.82) is 0 Å². The minimum absolute atomic E-state index is 0.0602. The van der Waals surface area contributed by atoms with E-state index in [9.17, 15) is 23.2 Å². The number of halogens is 2. The average molecular weight is 388 g/mol. The maximum Gasteiger partial charge on any atom is 0.313 e. The Morgan fingerprint density at radius 1 is 1.18 bits per heavy atom. The van der Waals surface area contributed by atoms with Crippen LogP contribution in [-0.4, -0.2) is 40.1 Å². The Bertz CT molecular complexity index is 905. The Kier molecular flexibility index (Phi) is 5.34. The van der Waals surface area contributed by atoms with Gasteiger partial charge in [0.05, 0.1) is 23.5 Å². The third kappa shape index (κ3) is 4.30. The molecule has 1 atom stereocenters. The molecule has 0 spiro atoms. The third-order valence-electron chi connectivity index (χ3n) is 4.51. The van der Waals surface area contributed by atoms with Gasteiger partial charge in [0.25, 0.3) is 5.92 Å². The summed E-state index contributed by atoms with van der Waals surface area (Å²) in [6.45, 7) is -0.252. The molecule has 3 amide bonds. The van der Waals surface area contributed by atoms with Gasteiger partial charge in [-0.1, -0.05) is 30.3 Å². The number of likely N-dealkylation sites (tertiary alicyclic amines) is 1. The Hall–Kier alpha value is -3.36. The smallest absolute Gasteiger partial charge is 0.313 e. The number of carbonyl (C=O) groups excluding carboxylic acids is 3. The van der Waals surface area contributed by atoms with E-state index >= 15 is 0 Å². The third-order valence-corrected chi connectivity index (χ3v) is 4.51. The zero-order chi connectivity index (χ0) is 20.3. The first-order chi connectivity index (χ1) is 13.3. The number of hydrogen-bond acceptors (Lipinski definition) is 4. The molecule has 1 aliphatic heterocycles. The van der Waals surface area contributed by atoms with Crippen LogP contribution >= 0.6 is 0 Å². The molecule has 1 saturated heterocycles. The SMILES string of the molecule is NC(=O)c1cncc(NC(=O)C(=O)N2CCC(F)(F)C[C@H]2c2ccccc2)c1. The topological polar surface area (TPSA) is 105 Å². The maximum atomic E-state index is 14.0. The number of rotatable bonds is 3. The van der Waals surface area contributed by atoms with Gasteiger partial charge in [-0.25, -0.2) is 8.78 Å². The molecule has 0 radical (unpaired) electrons. The van der Waals surface area contributed by atoms with Crippen LogP contribution in [0.5, 0.6) is 0 Å². The number of alkyl halides is 2. The quantitative estimate of drug-likeness (QED) is 0.786. The molecule has 9 heteroatoms. The fraction of sp³-hybridized carbons (Fsp3) is 0.263. The molecule has 1 aromatic carbocycles. The lowest BCUT2D eigenvalue weighted by atomic mass is 9.92. The molecule has 0 unspecified atom stereocenters. The van der Waals surface area contributed by atoms with Crippen LogP contribution in [0.15, 0.2) is 48.8 Å². The number of hydrogen-bond donors (Lipinski definition) is 2. The Morgan fingerprint density at radius 3 is 2.57 bits per heavy atom. The van der Waals surface area contributed by atoms with E-state index in [-0.39, 0.29) is 17.8 Å². The van der Waals surface area contributed by atoms with E-state index in [1.165, 1.54) is 18.5 Å². The minimum atomic E-state index is -2.92. The van der Waals surface area contributed by atoms with Gasteiger partial charge in [0, 0.05) is 25.6 Å². The van der Waals surface area contributed by atoms with Crippen LogP contribution in [-0.2, 0) is 9.59 Å². The second-order valence-corrected chi connectivity index (χ2v) is 6.52. The van der Waals surface area contributed by atoms with Crippen molar-refractivity contribution < 1.29 is 23.2 Å². The zero-order valence-corrected chi connectivity index (χ0v) is 14.8. The van der Waals surface area contributed by atoms with Gasteiger partial charge in [-0.05, 0) is 11.6 Å². The van der Waals surface area contributed by atoms with Crippen LogP contribution in [0.25, 0.3) is 0 Å². The Labute approximate surface area is 159 Å². The molecule has 1 fully saturated rings. The van der Waals surface area contributed by atoms with E-state index < -0.39 is 42.5 Å². The van der Waals surface area contributed by atoms with Crippen molar-refractivity contribution >= 4 is 23.4 Å². The molecule has 3 rings (SSSR count). The van der Waals surface area contributed by atoms with Crippen LogP contribution in [0.3, 0.4) is 0 Å². The molecular formula is C19H18F2N4O3. The molecule has 146 valence electrons. The number of carbonyl (C=O) groups is 3. The van der Waals surface area contributed by atoms with Crippen molar-refractivity contribution in [3.63, 3.8) is 0 Å². The molecule has 28 heavy (non-hydrogen) atoms. The van der Waals surface area contributed by atoms with Gasteiger partial charge in [-0.3, -0.25) is 19.4 Å². The van der Waals surface area contributed by atoms with Crippen molar-refractivity contribution in [2.24, 2.45) is 5.73 Å². The van der Waals surface area contributed by atoms with E-state index in [1.807, 2.05) is 0 Å². The molecule has 1 aliphatic rings. The highest BCUT2D eigenvalue weighted by molar-refractivity contribution is 6.39. The summed E-state index contributed by atoms with van der Waals surface area (Å²) in [6.07, 6.45) is 1.39. The number of benzene rings is 1. The summed E-state index contributed by atoms with van der Waals surface area (Å²) in [7, 11) is 0. The molecule has 2 heterocycles. The second kappa shape index (κ2) is 7.71. The molecule has 2 aromatic rings. The van der Waals surface area contributed by atoms with Crippen LogP contribution in [0, 0.1) is 0 Å². The number of pyridine rings is 1. The van der Waals surface area contributed by atoms with Crippen molar-refractivity contribution in [1.82, 2.24) is 9.88 Å². The van der Waals surface area contributed by atoms with Gasteiger partial charge >= 0.3 is 11.8 Å². The van der Waals surface area contributed by atoms with Crippen LogP contribution in [0.1, 0.15) is 34.8 Å². The fourth-order valence-electron chi connectivity index (χ4n) is 3.11. The number of anilines is 1. The summed E-state index contributed by atoms with van der Waals surface area (Å²) in [4.78, 5) is 41.2. The lowest BCUT2D eigenvalue weighted by Crippen LogP contribution is -2.48. The summed E-state index contributed by atoms with van der Waals surface area (Å²) in [5.41, 5.74) is 5.85. The number of piperidine rings is 1. The summed E-state index contributed by atoms with van der Waals surface area (Å²) in [5, 5.41) is 2.34. The molecule has 1 aromatic heterocycles. The number of amides is 3. The molecule has 0 aliphatic carbocycles. The van der Waals surface area contributed by atoms with Gasteiger partial charge in [0.15, 0.2) is 0 Å². The van der Waals surface area contributed by atoms with Gasteiger partial charge in [0.1, 0.15) is 0 Å². The first-order valence-electron chi connectivity index (χ1n) is 8.56. The van der Waals surface area contributed by atoms with Crippen molar-refractivity contribution in [2.75, 3.05) is 11.9 Å². The predicted octanol–water partition coefficient (Wildman–Crippen LogP) is 2.12. The first-order valence-corrected chi connectivity index (χ1v) is 8.56. The van der Waals surface area contributed by atoms with E-state index in [0.717, 1.165) is 4.90 Å². The van der Waals surface area contributed by atoms with Crippen molar-refractivity contribution in [3.05, 3.63) is 59.9 Å². The Morgan fingerprint density at radius 2 is 1.89 bits per heavy atom. The molecule has 7 nitrogen and oxygen atoms in total. The molecular weight excluding hydrogens is 370 g/mol. The number of nitrogens with one attached hydrogen (secondary N) is 1.